The number of aryl methyl sites for hydroxylation is 1. The summed E-state index contributed by atoms with van der Waals surface area (Å²) in [5.74, 6) is -0.975. The van der Waals surface area contributed by atoms with Gasteiger partial charge < -0.3 is 15.2 Å². The van der Waals surface area contributed by atoms with Gasteiger partial charge in [0, 0.05) is 5.56 Å². The van der Waals surface area contributed by atoms with Crippen LogP contribution in [0.5, 0.6) is 0 Å². The van der Waals surface area contributed by atoms with E-state index in [1.807, 2.05) is 13.8 Å². The van der Waals surface area contributed by atoms with E-state index in [-0.39, 0.29) is 12.5 Å². The molecule has 1 aliphatic rings. The number of carboxylic acid groups (broad SMARTS) is 1. The van der Waals surface area contributed by atoms with Gasteiger partial charge in [0.2, 0.25) is 6.10 Å². The van der Waals surface area contributed by atoms with Gasteiger partial charge in [-0.3, -0.25) is 9.89 Å². The number of carbonyl (C=O) groups excluding carboxylic acids is 1. The zero-order chi connectivity index (χ0) is 15.4. The number of hydrogen-bond acceptors (Lipinski definition) is 4. The molecular formula is C14H17N3O4. The number of rotatable bonds is 5. The molecule has 0 saturated heterocycles. The van der Waals surface area contributed by atoms with Gasteiger partial charge in [0.05, 0.1) is 12.2 Å². The second-order valence-electron chi connectivity index (χ2n) is 4.60. The van der Waals surface area contributed by atoms with Crippen LogP contribution in [0.2, 0.25) is 0 Å². The molecule has 0 aromatic carbocycles. The molecule has 1 aromatic heterocycles. The van der Waals surface area contributed by atoms with Crippen LogP contribution < -0.4 is 5.32 Å². The maximum absolute atomic E-state index is 12.1. The van der Waals surface area contributed by atoms with Crippen molar-refractivity contribution in [1.82, 2.24) is 15.5 Å². The number of nitrogens with one attached hydrogen (secondary N) is 2. The van der Waals surface area contributed by atoms with Gasteiger partial charge in [-0.05, 0) is 25.5 Å². The molecule has 0 fully saturated rings. The number of amides is 1. The second-order valence-corrected chi connectivity index (χ2v) is 4.60. The number of allylic oxidation sites excluding steroid dienone is 2. The third-order valence-corrected chi connectivity index (χ3v) is 3.19. The van der Waals surface area contributed by atoms with Gasteiger partial charge in [-0.1, -0.05) is 13.0 Å². The SMILES string of the molecule is CCc1n[nH]c(C(=O)NCC2=CC=CC(C(=O)O)O2)c1C. The zero-order valence-corrected chi connectivity index (χ0v) is 11.8. The van der Waals surface area contributed by atoms with Crippen molar-refractivity contribution >= 4 is 11.9 Å². The number of ether oxygens (including phenoxy) is 1. The van der Waals surface area contributed by atoms with E-state index in [0.717, 1.165) is 17.7 Å². The molecule has 7 heteroatoms. The number of nitrogens with zero attached hydrogens (tertiary/aromatic N) is 1. The molecule has 1 atom stereocenters. The van der Waals surface area contributed by atoms with E-state index in [2.05, 4.69) is 15.5 Å². The van der Waals surface area contributed by atoms with Crippen LogP contribution in [0.3, 0.4) is 0 Å². The summed E-state index contributed by atoms with van der Waals surface area (Å²) in [4.78, 5) is 22.9. The van der Waals surface area contributed by atoms with Gasteiger partial charge in [0.25, 0.3) is 5.91 Å². The van der Waals surface area contributed by atoms with Crippen molar-refractivity contribution in [2.75, 3.05) is 6.54 Å². The third-order valence-electron chi connectivity index (χ3n) is 3.19. The first-order chi connectivity index (χ1) is 10.0. The molecule has 0 saturated carbocycles. The molecule has 1 aromatic rings. The first-order valence-electron chi connectivity index (χ1n) is 6.61. The van der Waals surface area contributed by atoms with Crippen LogP contribution >= 0.6 is 0 Å². The molecule has 0 aliphatic carbocycles. The lowest BCUT2D eigenvalue weighted by Gasteiger charge is -2.17. The molecule has 0 bridgehead atoms. The Labute approximate surface area is 121 Å². The Bertz CT molecular complexity index is 616. The molecule has 0 radical (unpaired) electrons. The number of H-pyrrole nitrogens is 1. The Morgan fingerprint density at radius 3 is 2.90 bits per heavy atom. The lowest BCUT2D eigenvalue weighted by molar-refractivity contribution is -0.145. The van der Waals surface area contributed by atoms with E-state index in [4.69, 9.17) is 9.84 Å². The Hall–Kier alpha value is -2.57. The summed E-state index contributed by atoms with van der Waals surface area (Å²) in [5.41, 5.74) is 2.08. The van der Waals surface area contributed by atoms with Crippen LogP contribution in [-0.2, 0) is 16.0 Å². The van der Waals surface area contributed by atoms with Crippen molar-refractivity contribution in [2.45, 2.75) is 26.4 Å². The number of aromatic amines is 1. The van der Waals surface area contributed by atoms with E-state index in [1.54, 1.807) is 12.2 Å². The Kier molecular flexibility index (Phi) is 4.42. The normalized spacial score (nSPS) is 17.0. The molecule has 21 heavy (non-hydrogen) atoms. The highest BCUT2D eigenvalue weighted by atomic mass is 16.5. The van der Waals surface area contributed by atoms with Crippen molar-refractivity contribution in [2.24, 2.45) is 0 Å². The summed E-state index contributed by atoms with van der Waals surface area (Å²) < 4.78 is 5.22. The summed E-state index contributed by atoms with van der Waals surface area (Å²) in [5, 5.41) is 18.3. The molecule has 3 N–H and O–H groups in total. The van der Waals surface area contributed by atoms with Gasteiger partial charge in [-0.25, -0.2) is 4.79 Å². The average Bonchev–Trinajstić information content (AvgIpc) is 2.86. The minimum Gasteiger partial charge on any atom is -0.478 e. The minimum absolute atomic E-state index is 0.118. The Morgan fingerprint density at radius 1 is 1.52 bits per heavy atom. The largest absolute Gasteiger partial charge is 0.478 e. The first-order valence-corrected chi connectivity index (χ1v) is 6.61. The predicted molar refractivity (Wildman–Crippen MR) is 74.8 cm³/mol. The van der Waals surface area contributed by atoms with Crippen molar-refractivity contribution in [3.63, 3.8) is 0 Å². The lowest BCUT2D eigenvalue weighted by atomic mass is 10.1. The van der Waals surface area contributed by atoms with E-state index < -0.39 is 12.1 Å². The number of carboxylic acids is 1. The molecule has 0 spiro atoms. The molecular weight excluding hydrogens is 274 g/mol. The fourth-order valence-electron chi connectivity index (χ4n) is 2.00. The fourth-order valence-corrected chi connectivity index (χ4v) is 2.00. The maximum Gasteiger partial charge on any atom is 0.349 e. The van der Waals surface area contributed by atoms with Crippen molar-refractivity contribution in [1.29, 1.82) is 0 Å². The van der Waals surface area contributed by atoms with Crippen LogP contribution in [0.25, 0.3) is 0 Å². The fraction of sp³-hybridized carbons (Fsp3) is 0.357. The summed E-state index contributed by atoms with van der Waals surface area (Å²) in [6.45, 7) is 3.91. The molecule has 2 rings (SSSR count). The Morgan fingerprint density at radius 2 is 2.29 bits per heavy atom. The minimum atomic E-state index is -1.07. The monoisotopic (exact) mass is 291 g/mol. The number of aromatic nitrogens is 2. The van der Waals surface area contributed by atoms with Gasteiger partial charge >= 0.3 is 5.97 Å². The van der Waals surface area contributed by atoms with Crippen LogP contribution in [0.4, 0.5) is 0 Å². The van der Waals surface area contributed by atoms with Crippen LogP contribution in [-0.4, -0.2) is 39.8 Å². The molecule has 1 unspecified atom stereocenters. The van der Waals surface area contributed by atoms with Crippen LogP contribution in [0.15, 0.2) is 24.0 Å². The van der Waals surface area contributed by atoms with E-state index >= 15 is 0 Å². The smallest absolute Gasteiger partial charge is 0.349 e. The summed E-state index contributed by atoms with van der Waals surface area (Å²) in [7, 11) is 0. The van der Waals surface area contributed by atoms with Crippen molar-refractivity contribution < 1.29 is 19.4 Å². The number of aliphatic carboxylic acids is 1. The molecule has 112 valence electrons. The predicted octanol–water partition coefficient (Wildman–Crippen LogP) is 0.934. The maximum atomic E-state index is 12.1. The number of hydrogen-bond donors (Lipinski definition) is 3. The van der Waals surface area contributed by atoms with Gasteiger partial charge in [0.1, 0.15) is 11.5 Å². The van der Waals surface area contributed by atoms with Gasteiger partial charge in [-0.15, -0.1) is 0 Å². The molecule has 7 nitrogen and oxygen atoms in total. The van der Waals surface area contributed by atoms with E-state index in [9.17, 15) is 9.59 Å². The van der Waals surface area contributed by atoms with Crippen molar-refractivity contribution in [3.8, 4) is 0 Å². The van der Waals surface area contributed by atoms with Crippen molar-refractivity contribution in [3.05, 3.63) is 40.9 Å². The topological polar surface area (TPSA) is 104 Å². The highest BCUT2D eigenvalue weighted by molar-refractivity contribution is 5.94. The molecule has 1 aliphatic heterocycles. The van der Waals surface area contributed by atoms with Gasteiger partial charge in [-0.2, -0.15) is 5.10 Å². The quantitative estimate of drug-likeness (QED) is 0.748. The summed E-state index contributed by atoms with van der Waals surface area (Å²) in [6.07, 6.45) is 4.38. The summed E-state index contributed by atoms with van der Waals surface area (Å²) >= 11 is 0. The van der Waals surface area contributed by atoms with E-state index in [1.165, 1.54) is 6.08 Å². The highest BCUT2D eigenvalue weighted by Gasteiger charge is 2.20. The van der Waals surface area contributed by atoms with Crippen LogP contribution in [0, 0.1) is 6.92 Å². The summed E-state index contributed by atoms with van der Waals surface area (Å²) in [6, 6.07) is 0. The molecule has 1 amide bonds. The van der Waals surface area contributed by atoms with Gasteiger partial charge in [0.15, 0.2) is 0 Å². The van der Waals surface area contributed by atoms with Crippen LogP contribution in [0.1, 0.15) is 28.7 Å². The highest BCUT2D eigenvalue weighted by Crippen LogP contribution is 2.12. The average molecular weight is 291 g/mol. The molecule has 2 heterocycles. The third kappa shape index (κ3) is 3.31. The Balaban J connectivity index is 1.95. The van der Waals surface area contributed by atoms with E-state index in [0.29, 0.717) is 11.5 Å². The zero-order valence-electron chi connectivity index (χ0n) is 11.8. The standard InChI is InChI=1S/C14H17N3O4/c1-3-10-8(2)12(17-16-10)13(18)15-7-9-5-4-6-11(21-9)14(19)20/h4-6,11H,3,7H2,1-2H3,(H,15,18)(H,16,17)(H,19,20). The first kappa shape index (κ1) is 14.8. The second kappa shape index (κ2) is 6.25. The number of carbonyl (C=O) groups is 2. The lowest BCUT2D eigenvalue weighted by Crippen LogP contribution is -2.31.